The van der Waals surface area contributed by atoms with Crippen LogP contribution in [0, 0.1) is 0 Å². The van der Waals surface area contributed by atoms with Gasteiger partial charge < -0.3 is 0 Å². The van der Waals surface area contributed by atoms with Crippen LogP contribution >= 0.6 is 0 Å². The summed E-state index contributed by atoms with van der Waals surface area (Å²) in [6, 6.07) is 25.7. The molecule has 4 rings (SSSR count). The number of aromatic nitrogens is 1. The first-order chi connectivity index (χ1) is 11.5. The lowest BCUT2D eigenvalue weighted by atomic mass is 9.80. The van der Waals surface area contributed by atoms with Crippen molar-refractivity contribution in [2.75, 3.05) is 0 Å². The maximum absolute atomic E-state index is 4.89. The Morgan fingerprint density at radius 2 is 1.42 bits per heavy atom. The largest absolute Gasteiger partial charge is 0.248 e. The Balaban J connectivity index is 2.16. The number of hydrogen-bond acceptors (Lipinski definition) is 1. The Morgan fingerprint density at radius 3 is 2.17 bits per heavy atom. The average Bonchev–Trinajstić information content (AvgIpc) is 2.59. The maximum atomic E-state index is 4.89. The van der Waals surface area contributed by atoms with E-state index in [9.17, 15) is 0 Å². The van der Waals surface area contributed by atoms with Gasteiger partial charge in [0.1, 0.15) is 0 Å². The van der Waals surface area contributed by atoms with E-state index in [1.54, 1.807) is 0 Å². The SMILES string of the molecule is CC(C)(C)c1ccc2nc3ccccc3cc2c1-c1ccccc1. The summed E-state index contributed by atoms with van der Waals surface area (Å²) in [7, 11) is 0. The molecule has 1 heteroatoms. The number of rotatable bonds is 1. The van der Waals surface area contributed by atoms with E-state index in [0.717, 1.165) is 11.0 Å². The fourth-order valence-electron chi connectivity index (χ4n) is 3.39. The van der Waals surface area contributed by atoms with Crippen LogP contribution in [0.5, 0.6) is 0 Å². The molecule has 0 bridgehead atoms. The Labute approximate surface area is 143 Å². The van der Waals surface area contributed by atoms with E-state index in [1.807, 2.05) is 6.07 Å². The summed E-state index contributed by atoms with van der Waals surface area (Å²) in [4.78, 5) is 4.89. The van der Waals surface area contributed by atoms with Crippen molar-refractivity contribution in [3.8, 4) is 11.1 Å². The number of para-hydroxylation sites is 1. The Hall–Kier alpha value is -2.67. The van der Waals surface area contributed by atoms with Gasteiger partial charge in [-0.05, 0) is 40.3 Å². The van der Waals surface area contributed by atoms with E-state index in [0.29, 0.717) is 0 Å². The predicted molar refractivity (Wildman–Crippen MR) is 103 cm³/mol. The number of pyridine rings is 1. The van der Waals surface area contributed by atoms with Gasteiger partial charge in [0.15, 0.2) is 0 Å². The van der Waals surface area contributed by atoms with Crippen LogP contribution in [0.3, 0.4) is 0 Å². The zero-order valence-corrected chi connectivity index (χ0v) is 14.4. The summed E-state index contributed by atoms with van der Waals surface area (Å²) >= 11 is 0. The van der Waals surface area contributed by atoms with Gasteiger partial charge in [-0.3, -0.25) is 0 Å². The van der Waals surface area contributed by atoms with Crippen molar-refractivity contribution in [1.82, 2.24) is 4.98 Å². The molecule has 118 valence electrons. The molecule has 0 N–H and O–H groups in total. The predicted octanol–water partition coefficient (Wildman–Crippen LogP) is 6.35. The van der Waals surface area contributed by atoms with Gasteiger partial charge in [0.25, 0.3) is 0 Å². The van der Waals surface area contributed by atoms with Crippen molar-refractivity contribution in [3.63, 3.8) is 0 Å². The van der Waals surface area contributed by atoms with E-state index >= 15 is 0 Å². The van der Waals surface area contributed by atoms with Crippen molar-refractivity contribution in [2.24, 2.45) is 0 Å². The second-order valence-corrected chi connectivity index (χ2v) is 7.35. The molecule has 0 aliphatic rings. The first-order valence-electron chi connectivity index (χ1n) is 8.42. The molecule has 1 nitrogen and oxygen atoms in total. The average molecular weight is 311 g/mol. The van der Waals surface area contributed by atoms with Gasteiger partial charge in [-0.25, -0.2) is 4.98 Å². The van der Waals surface area contributed by atoms with Gasteiger partial charge >= 0.3 is 0 Å². The highest BCUT2D eigenvalue weighted by Gasteiger charge is 2.21. The number of benzene rings is 3. The van der Waals surface area contributed by atoms with Crippen molar-refractivity contribution in [3.05, 3.63) is 78.4 Å². The molecule has 0 amide bonds. The second kappa shape index (κ2) is 5.45. The minimum Gasteiger partial charge on any atom is -0.248 e. The lowest BCUT2D eigenvalue weighted by Crippen LogP contribution is -2.13. The first-order valence-corrected chi connectivity index (χ1v) is 8.42. The highest BCUT2D eigenvalue weighted by Crippen LogP contribution is 2.38. The molecule has 0 unspecified atom stereocenters. The molecule has 0 fully saturated rings. The number of nitrogens with zero attached hydrogens (tertiary/aromatic N) is 1. The summed E-state index contributed by atoms with van der Waals surface area (Å²) in [5.41, 5.74) is 6.10. The summed E-state index contributed by atoms with van der Waals surface area (Å²) in [5.74, 6) is 0. The van der Waals surface area contributed by atoms with Gasteiger partial charge in [0.2, 0.25) is 0 Å². The molecular weight excluding hydrogens is 290 g/mol. The standard InChI is InChI=1S/C23H21N/c1-23(2,3)19-13-14-21-18(22(19)16-9-5-4-6-10-16)15-17-11-7-8-12-20(17)24-21/h4-15H,1-3H3. The van der Waals surface area contributed by atoms with Crippen LogP contribution in [0.1, 0.15) is 26.3 Å². The minimum absolute atomic E-state index is 0.0744. The lowest BCUT2D eigenvalue weighted by Gasteiger charge is -2.24. The highest BCUT2D eigenvalue weighted by molar-refractivity contribution is 6.02. The highest BCUT2D eigenvalue weighted by atomic mass is 14.7. The van der Waals surface area contributed by atoms with Gasteiger partial charge in [0, 0.05) is 10.8 Å². The smallest absolute Gasteiger partial charge is 0.0716 e. The maximum Gasteiger partial charge on any atom is 0.0716 e. The summed E-state index contributed by atoms with van der Waals surface area (Å²) in [5, 5.41) is 2.42. The third-order valence-electron chi connectivity index (χ3n) is 4.57. The van der Waals surface area contributed by atoms with Crippen LogP contribution < -0.4 is 0 Å². The van der Waals surface area contributed by atoms with Crippen LogP contribution in [0.25, 0.3) is 32.9 Å². The molecule has 4 aromatic rings. The summed E-state index contributed by atoms with van der Waals surface area (Å²) < 4.78 is 0. The van der Waals surface area contributed by atoms with Gasteiger partial charge in [-0.15, -0.1) is 0 Å². The molecule has 1 heterocycles. The molecule has 0 spiro atoms. The third-order valence-corrected chi connectivity index (χ3v) is 4.57. The van der Waals surface area contributed by atoms with E-state index < -0.39 is 0 Å². The quantitative estimate of drug-likeness (QED) is 0.373. The molecule has 1 aromatic heterocycles. The molecule has 0 atom stereocenters. The second-order valence-electron chi connectivity index (χ2n) is 7.35. The van der Waals surface area contributed by atoms with Crippen LogP contribution in [0.4, 0.5) is 0 Å². The molecule has 0 saturated heterocycles. The van der Waals surface area contributed by atoms with E-state index in [1.165, 1.54) is 27.5 Å². The monoisotopic (exact) mass is 311 g/mol. The molecule has 0 aliphatic heterocycles. The van der Waals surface area contributed by atoms with Crippen molar-refractivity contribution in [2.45, 2.75) is 26.2 Å². The molecule has 0 radical (unpaired) electrons. The normalized spacial score (nSPS) is 12.0. The van der Waals surface area contributed by atoms with Crippen LogP contribution in [0.15, 0.2) is 72.8 Å². The van der Waals surface area contributed by atoms with Crippen LogP contribution in [-0.4, -0.2) is 4.98 Å². The van der Waals surface area contributed by atoms with Crippen LogP contribution in [-0.2, 0) is 5.41 Å². The van der Waals surface area contributed by atoms with Crippen molar-refractivity contribution < 1.29 is 0 Å². The van der Waals surface area contributed by atoms with Gasteiger partial charge in [0.05, 0.1) is 11.0 Å². The Kier molecular flexibility index (Phi) is 3.38. The van der Waals surface area contributed by atoms with Crippen molar-refractivity contribution in [1.29, 1.82) is 0 Å². The van der Waals surface area contributed by atoms with Gasteiger partial charge in [-0.1, -0.05) is 75.4 Å². The summed E-state index contributed by atoms with van der Waals surface area (Å²) in [6.45, 7) is 6.82. The Morgan fingerprint density at radius 1 is 0.708 bits per heavy atom. The first kappa shape index (κ1) is 14.9. The third kappa shape index (κ3) is 2.46. The molecule has 0 saturated carbocycles. The summed E-state index contributed by atoms with van der Waals surface area (Å²) in [6.07, 6.45) is 0. The van der Waals surface area contributed by atoms with Gasteiger partial charge in [-0.2, -0.15) is 0 Å². The number of fused-ring (bicyclic) bond motifs is 2. The Bertz CT molecular complexity index is 1020. The zero-order chi connectivity index (χ0) is 16.7. The van der Waals surface area contributed by atoms with Crippen molar-refractivity contribution >= 4 is 21.8 Å². The number of hydrogen-bond donors (Lipinski definition) is 0. The minimum atomic E-state index is 0.0744. The fourth-order valence-corrected chi connectivity index (χ4v) is 3.39. The molecule has 24 heavy (non-hydrogen) atoms. The van der Waals surface area contributed by atoms with E-state index in [4.69, 9.17) is 4.98 Å². The van der Waals surface area contributed by atoms with E-state index in [-0.39, 0.29) is 5.41 Å². The molecule has 3 aromatic carbocycles. The van der Waals surface area contributed by atoms with Crippen LogP contribution in [0.2, 0.25) is 0 Å². The lowest BCUT2D eigenvalue weighted by molar-refractivity contribution is 0.592. The van der Waals surface area contributed by atoms with E-state index in [2.05, 4.69) is 87.5 Å². The molecular formula is C23H21N. The fraction of sp³-hybridized carbons (Fsp3) is 0.174. The topological polar surface area (TPSA) is 12.9 Å². The zero-order valence-electron chi connectivity index (χ0n) is 14.4. The molecule has 0 aliphatic carbocycles.